The van der Waals surface area contributed by atoms with Gasteiger partial charge in [-0.25, -0.2) is 0 Å². The second-order valence-electron chi connectivity index (χ2n) is 11.2. The van der Waals surface area contributed by atoms with Crippen LogP contribution in [0.5, 0.6) is 0 Å². The van der Waals surface area contributed by atoms with E-state index in [9.17, 15) is 5.11 Å². The summed E-state index contributed by atoms with van der Waals surface area (Å²) < 4.78 is 7.14. The molecule has 0 heterocycles. The van der Waals surface area contributed by atoms with Crippen LogP contribution in [0.1, 0.15) is 79.6 Å². The van der Waals surface area contributed by atoms with Crippen molar-refractivity contribution in [2.75, 3.05) is 0 Å². The fourth-order valence-corrected chi connectivity index (χ4v) is 11.5. The lowest BCUT2D eigenvalue weighted by Crippen LogP contribution is -2.53. The highest BCUT2D eigenvalue weighted by atomic mass is 28.4. The third-order valence-electron chi connectivity index (χ3n) is 10.3. The smallest absolute Gasteiger partial charge is 0.192 e. The summed E-state index contributed by atoms with van der Waals surface area (Å²) in [7, 11) is -1.53. The predicted octanol–water partition coefficient (Wildman–Crippen LogP) is 6.45. The van der Waals surface area contributed by atoms with E-state index >= 15 is 0 Å². The topological polar surface area (TPSA) is 29.5 Å². The summed E-state index contributed by atoms with van der Waals surface area (Å²) in [5.74, 6) is 4.91. The molecule has 3 heteroatoms. The number of fused-ring (bicyclic) bond motifs is 5. The molecule has 2 unspecified atom stereocenters. The standard InChI is InChI=1S/C25H45O2Si/c1-6-28(7-2,8-3)27-23-12-11-22-20-10-9-18-16-19(26)15-17(4)24(18)21(20)13-14-25(22,23)5/h16-24,26H,6-15H2,1-5H3/t17-,18?,19+,20-,21+,22+,23+,24?,25+/m1/s1. The summed E-state index contributed by atoms with van der Waals surface area (Å²) in [4.78, 5) is 0. The van der Waals surface area contributed by atoms with Gasteiger partial charge in [0.25, 0.3) is 0 Å². The Hall–Kier alpha value is 0.137. The van der Waals surface area contributed by atoms with Crippen molar-refractivity contribution in [3.63, 3.8) is 0 Å². The molecule has 4 saturated carbocycles. The van der Waals surface area contributed by atoms with Crippen molar-refractivity contribution < 1.29 is 9.53 Å². The minimum Gasteiger partial charge on any atom is -0.413 e. The normalized spacial score (nSPS) is 48.6. The zero-order valence-electron chi connectivity index (χ0n) is 19.1. The van der Waals surface area contributed by atoms with E-state index in [1.165, 1.54) is 56.7 Å². The quantitative estimate of drug-likeness (QED) is 0.532. The maximum atomic E-state index is 10.3. The van der Waals surface area contributed by atoms with Gasteiger partial charge in [0.2, 0.25) is 0 Å². The van der Waals surface area contributed by atoms with Crippen molar-refractivity contribution in [2.24, 2.45) is 40.9 Å². The van der Waals surface area contributed by atoms with Crippen molar-refractivity contribution in [2.45, 2.75) is 110 Å². The average Bonchev–Trinajstić information content (AvgIpc) is 3.01. The highest BCUT2D eigenvalue weighted by Gasteiger charge is 2.59. The van der Waals surface area contributed by atoms with E-state index in [-0.39, 0.29) is 6.10 Å². The molecular formula is C25H45O2Si. The molecule has 1 N–H and O–H groups in total. The van der Waals surface area contributed by atoms with Gasteiger partial charge in [0, 0.05) is 0 Å². The Morgan fingerprint density at radius 1 is 1.00 bits per heavy atom. The van der Waals surface area contributed by atoms with Gasteiger partial charge in [0.05, 0.1) is 12.2 Å². The first-order valence-electron chi connectivity index (χ1n) is 12.6. The van der Waals surface area contributed by atoms with Crippen LogP contribution in [0.4, 0.5) is 0 Å². The van der Waals surface area contributed by atoms with Gasteiger partial charge in [-0.05, 0) is 110 Å². The van der Waals surface area contributed by atoms with Crippen molar-refractivity contribution >= 4 is 8.32 Å². The molecule has 0 saturated heterocycles. The predicted molar refractivity (Wildman–Crippen MR) is 119 cm³/mol. The Balaban J connectivity index is 1.52. The lowest BCUT2D eigenvalue weighted by Gasteiger charge is -2.57. The fraction of sp³-hybridized carbons (Fsp3) is 0.960. The molecule has 4 aliphatic carbocycles. The number of aliphatic hydroxyl groups is 1. The van der Waals surface area contributed by atoms with E-state index in [1.54, 1.807) is 0 Å². The first-order chi connectivity index (χ1) is 13.4. The van der Waals surface area contributed by atoms with E-state index in [2.05, 4.69) is 41.0 Å². The third kappa shape index (κ3) is 3.36. The molecule has 4 fully saturated rings. The van der Waals surface area contributed by atoms with Crippen molar-refractivity contribution in [3.8, 4) is 0 Å². The van der Waals surface area contributed by atoms with Gasteiger partial charge >= 0.3 is 0 Å². The Bertz CT molecular complexity index is 538. The van der Waals surface area contributed by atoms with E-state index in [4.69, 9.17) is 4.43 Å². The number of hydrogen-bond acceptors (Lipinski definition) is 2. The van der Waals surface area contributed by atoms with Crippen LogP contribution >= 0.6 is 0 Å². The molecule has 161 valence electrons. The molecule has 0 aliphatic heterocycles. The average molecular weight is 406 g/mol. The molecule has 28 heavy (non-hydrogen) atoms. The number of hydrogen-bond donors (Lipinski definition) is 1. The van der Waals surface area contributed by atoms with Gasteiger partial charge in [0.15, 0.2) is 8.32 Å². The molecule has 4 rings (SSSR count). The lowest BCUT2D eigenvalue weighted by molar-refractivity contribution is -0.0907. The second-order valence-corrected chi connectivity index (χ2v) is 15.9. The van der Waals surface area contributed by atoms with E-state index in [0.717, 1.165) is 30.1 Å². The summed E-state index contributed by atoms with van der Waals surface area (Å²) >= 11 is 0. The molecule has 0 aromatic rings. The van der Waals surface area contributed by atoms with E-state index in [1.807, 2.05) is 0 Å². The van der Waals surface area contributed by atoms with Crippen LogP contribution in [0.15, 0.2) is 0 Å². The van der Waals surface area contributed by atoms with Crippen LogP contribution in [0.3, 0.4) is 0 Å². The largest absolute Gasteiger partial charge is 0.413 e. The molecule has 0 aromatic carbocycles. The summed E-state index contributed by atoms with van der Waals surface area (Å²) in [6.07, 6.45) is 11.9. The Morgan fingerprint density at radius 2 is 1.71 bits per heavy atom. The Kier molecular flexibility index (Phi) is 6.11. The van der Waals surface area contributed by atoms with Crippen LogP contribution < -0.4 is 0 Å². The maximum absolute atomic E-state index is 10.3. The second kappa shape index (κ2) is 8.00. The molecule has 2 nitrogen and oxygen atoms in total. The summed E-state index contributed by atoms with van der Waals surface area (Å²) in [5.41, 5.74) is 0.424. The SMILES string of the molecule is CC[Si](CC)(CC)O[C@H]1CC[C@H]2[C@@H]3CCC4[CH][C@@H](O)C[C@@H](C)C4[C@H]3CC[C@]12C. The van der Waals surface area contributed by atoms with Crippen molar-refractivity contribution in [1.82, 2.24) is 0 Å². The highest BCUT2D eigenvalue weighted by molar-refractivity contribution is 6.73. The van der Waals surface area contributed by atoms with Gasteiger partial charge < -0.3 is 9.53 Å². The van der Waals surface area contributed by atoms with Crippen LogP contribution in [0.2, 0.25) is 18.1 Å². The number of rotatable bonds is 5. The molecule has 1 radical (unpaired) electrons. The maximum Gasteiger partial charge on any atom is 0.192 e. The first-order valence-corrected chi connectivity index (χ1v) is 15.1. The summed E-state index contributed by atoms with van der Waals surface area (Å²) in [5, 5.41) is 10.3. The summed E-state index contributed by atoms with van der Waals surface area (Å²) in [6, 6.07) is 3.84. The molecular weight excluding hydrogens is 360 g/mol. The molecule has 0 aromatic heterocycles. The molecule has 0 amide bonds. The highest BCUT2D eigenvalue weighted by Crippen LogP contribution is 2.63. The first kappa shape index (κ1) is 21.4. The Labute approximate surface area is 175 Å². The zero-order valence-corrected chi connectivity index (χ0v) is 20.1. The van der Waals surface area contributed by atoms with Gasteiger partial charge in [-0.15, -0.1) is 0 Å². The minimum atomic E-state index is -1.53. The van der Waals surface area contributed by atoms with Gasteiger partial charge in [-0.2, -0.15) is 0 Å². The van der Waals surface area contributed by atoms with Crippen LogP contribution in [0.25, 0.3) is 0 Å². The van der Waals surface area contributed by atoms with Gasteiger partial charge in [-0.3, -0.25) is 0 Å². The van der Waals surface area contributed by atoms with Gasteiger partial charge in [0.1, 0.15) is 0 Å². The van der Waals surface area contributed by atoms with E-state index in [0.29, 0.717) is 23.4 Å². The molecule has 9 atom stereocenters. The van der Waals surface area contributed by atoms with Gasteiger partial charge in [-0.1, -0.05) is 34.6 Å². The monoisotopic (exact) mass is 405 g/mol. The minimum absolute atomic E-state index is 0.152. The lowest BCUT2D eigenvalue weighted by atomic mass is 9.49. The Morgan fingerprint density at radius 3 is 2.39 bits per heavy atom. The third-order valence-corrected chi connectivity index (χ3v) is 14.9. The van der Waals surface area contributed by atoms with E-state index < -0.39 is 8.32 Å². The van der Waals surface area contributed by atoms with Crippen LogP contribution in [-0.4, -0.2) is 25.6 Å². The van der Waals surface area contributed by atoms with Crippen LogP contribution in [-0.2, 0) is 4.43 Å². The van der Waals surface area contributed by atoms with Crippen molar-refractivity contribution in [1.29, 1.82) is 0 Å². The fourth-order valence-electron chi connectivity index (χ4n) is 8.52. The molecule has 0 bridgehead atoms. The van der Waals surface area contributed by atoms with Crippen LogP contribution in [0, 0.1) is 47.3 Å². The van der Waals surface area contributed by atoms with Crippen molar-refractivity contribution in [3.05, 3.63) is 6.42 Å². The molecule has 0 spiro atoms. The molecule has 4 aliphatic rings. The zero-order chi connectivity index (χ0) is 20.1. The number of aliphatic hydroxyl groups excluding tert-OH is 1. The summed E-state index contributed by atoms with van der Waals surface area (Å²) in [6.45, 7) is 12.2.